The van der Waals surface area contributed by atoms with E-state index in [9.17, 15) is 0 Å². The van der Waals surface area contributed by atoms with Crippen LogP contribution in [0.2, 0.25) is 0 Å². The summed E-state index contributed by atoms with van der Waals surface area (Å²) in [5, 5.41) is 0. The Balaban J connectivity index is 1.91. The van der Waals surface area contributed by atoms with Gasteiger partial charge in [-0.15, -0.1) is 0 Å². The van der Waals surface area contributed by atoms with Crippen LogP contribution in [0.5, 0.6) is 11.5 Å². The lowest BCUT2D eigenvalue weighted by Crippen LogP contribution is -2.51. The van der Waals surface area contributed by atoms with Crippen molar-refractivity contribution in [2.75, 3.05) is 34.4 Å². The Labute approximate surface area is 137 Å². The van der Waals surface area contributed by atoms with Crippen LogP contribution in [0.4, 0.5) is 0 Å². The van der Waals surface area contributed by atoms with Crippen LogP contribution >= 0.6 is 0 Å². The van der Waals surface area contributed by atoms with Crippen LogP contribution in [-0.4, -0.2) is 45.4 Å². The maximum atomic E-state index is 5.66. The van der Waals surface area contributed by atoms with Gasteiger partial charge < -0.3 is 14.2 Å². The highest BCUT2D eigenvalue weighted by Crippen LogP contribution is 2.52. The summed E-state index contributed by atoms with van der Waals surface area (Å²) in [6.07, 6.45) is 8.91. The minimum absolute atomic E-state index is 0.0808. The van der Waals surface area contributed by atoms with Gasteiger partial charge >= 0.3 is 0 Å². The molecule has 0 aromatic heterocycles. The van der Waals surface area contributed by atoms with Gasteiger partial charge in [-0.2, -0.15) is 0 Å². The fraction of sp³-hybridized carbons (Fsp3) is 0.474. The number of ether oxygens (including phenoxy) is 3. The molecule has 1 aliphatic carbocycles. The van der Waals surface area contributed by atoms with Gasteiger partial charge in [-0.3, -0.25) is 4.90 Å². The Bertz CT molecular complexity index is 694. The average molecular weight is 313 g/mol. The number of rotatable bonds is 3. The second kappa shape index (κ2) is 5.39. The van der Waals surface area contributed by atoms with Crippen molar-refractivity contribution in [1.29, 1.82) is 0 Å². The molecule has 0 amide bonds. The first-order chi connectivity index (χ1) is 11.2. The summed E-state index contributed by atoms with van der Waals surface area (Å²) >= 11 is 0. The van der Waals surface area contributed by atoms with Gasteiger partial charge in [0.25, 0.3) is 0 Å². The molecule has 0 saturated heterocycles. The largest absolute Gasteiger partial charge is 0.493 e. The minimum Gasteiger partial charge on any atom is -0.493 e. The molecule has 2 heterocycles. The maximum Gasteiger partial charge on any atom is 0.161 e. The van der Waals surface area contributed by atoms with E-state index in [4.69, 9.17) is 14.2 Å². The van der Waals surface area contributed by atoms with Crippen LogP contribution in [0.25, 0.3) is 0 Å². The third kappa shape index (κ3) is 1.98. The SMILES string of the molecule is COc1cc2c(cc1OC)[C@]13CC(OC)C=CC1=CCN3CC2. The fourth-order valence-electron chi connectivity index (χ4n) is 4.39. The zero-order valence-corrected chi connectivity index (χ0v) is 14.0. The van der Waals surface area contributed by atoms with Crippen molar-refractivity contribution in [2.24, 2.45) is 0 Å². The Kier molecular flexibility index (Phi) is 3.47. The first kappa shape index (κ1) is 14.8. The van der Waals surface area contributed by atoms with Crippen LogP contribution in [-0.2, 0) is 16.7 Å². The first-order valence-electron chi connectivity index (χ1n) is 8.15. The van der Waals surface area contributed by atoms with Gasteiger partial charge in [-0.05, 0) is 35.3 Å². The monoisotopic (exact) mass is 313 g/mol. The summed E-state index contributed by atoms with van der Waals surface area (Å²) < 4.78 is 16.7. The van der Waals surface area contributed by atoms with Crippen LogP contribution in [0.3, 0.4) is 0 Å². The lowest BCUT2D eigenvalue weighted by Gasteiger charge is -2.48. The Hall–Kier alpha value is -1.78. The van der Waals surface area contributed by atoms with E-state index in [0.29, 0.717) is 0 Å². The smallest absolute Gasteiger partial charge is 0.161 e. The van der Waals surface area contributed by atoms with Gasteiger partial charge in [-0.25, -0.2) is 0 Å². The molecule has 0 radical (unpaired) electrons. The molecule has 4 heteroatoms. The second-order valence-electron chi connectivity index (χ2n) is 6.42. The van der Waals surface area contributed by atoms with E-state index >= 15 is 0 Å². The summed E-state index contributed by atoms with van der Waals surface area (Å²) in [7, 11) is 5.19. The van der Waals surface area contributed by atoms with Crippen LogP contribution in [0, 0.1) is 0 Å². The Morgan fingerprint density at radius 3 is 2.65 bits per heavy atom. The van der Waals surface area contributed by atoms with Crippen molar-refractivity contribution in [1.82, 2.24) is 4.90 Å². The standard InChI is InChI=1S/C19H23NO3/c1-21-15-5-4-14-7-9-20-8-6-13-10-17(22-2)18(23-3)11-16(13)19(14,20)12-15/h4-5,7,10-11,15H,6,8-9,12H2,1-3H3/t15?,19-/m0/s1. The number of methoxy groups -OCH3 is 3. The van der Waals surface area contributed by atoms with Crippen molar-refractivity contribution in [3.63, 3.8) is 0 Å². The second-order valence-corrected chi connectivity index (χ2v) is 6.42. The Morgan fingerprint density at radius 2 is 1.91 bits per heavy atom. The summed E-state index contributed by atoms with van der Waals surface area (Å²) in [6, 6.07) is 4.32. The molecule has 4 rings (SSSR count). The highest BCUT2D eigenvalue weighted by molar-refractivity contribution is 5.57. The summed E-state index contributed by atoms with van der Waals surface area (Å²) in [5.41, 5.74) is 4.01. The predicted molar refractivity (Wildman–Crippen MR) is 89.1 cm³/mol. The molecule has 0 N–H and O–H groups in total. The first-order valence-corrected chi connectivity index (χ1v) is 8.15. The fourth-order valence-corrected chi connectivity index (χ4v) is 4.39. The molecule has 23 heavy (non-hydrogen) atoms. The molecule has 2 atom stereocenters. The number of hydrogen-bond acceptors (Lipinski definition) is 4. The van der Waals surface area contributed by atoms with Gasteiger partial charge in [0.15, 0.2) is 11.5 Å². The summed E-state index contributed by atoms with van der Waals surface area (Å²) in [4.78, 5) is 2.58. The summed E-state index contributed by atoms with van der Waals surface area (Å²) in [5.74, 6) is 1.62. The third-order valence-corrected chi connectivity index (χ3v) is 5.54. The molecule has 1 aromatic rings. The van der Waals surface area contributed by atoms with E-state index in [2.05, 4.69) is 35.3 Å². The van der Waals surface area contributed by atoms with E-state index < -0.39 is 0 Å². The summed E-state index contributed by atoms with van der Waals surface area (Å²) in [6.45, 7) is 2.07. The molecule has 2 aliphatic heterocycles. The predicted octanol–water partition coefficient (Wildman–Crippen LogP) is 2.67. The van der Waals surface area contributed by atoms with Gasteiger partial charge in [0.2, 0.25) is 0 Å². The number of benzene rings is 1. The molecular formula is C19H23NO3. The van der Waals surface area contributed by atoms with E-state index in [1.807, 2.05) is 0 Å². The van der Waals surface area contributed by atoms with E-state index in [-0.39, 0.29) is 11.6 Å². The molecule has 0 fully saturated rings. The van der Waals surface area contributed by atoms with Crippen molar-refractivity contribution < 1.29 is 14.2 Å². The van der Waals surface area contributed by atoms with Crippen LogP contribution in [0.1, 0.15) is 17.5 Å². The topological polar surface area (TPSA) is 30.9 Å². The van der Waals surface area contributed by atoms with Gasteiger partial charge in [0.1, 0.15) is 0 Å². The normalized spacial score (nSPS) is 28.7. The highest BCUT2D eigenvalue weighted by Gasteiger charge is 2.50. The van der Waals surface area contributed by atoms with Crippen molar-refractivity contribution in [3.8, 4) is 11.5 Å². The number of fused-ring (bicyclic) bond motifs is 1. The molecular weight excluding hydrogens is 290 g/mol. The molecule has 3 aliphatic rings. The third-order valence-electron chi connectivity index (χ3n) is 5.54. The molecule has 1 aromatic carbocycles. The van der Waals surface area contributed by atoms with Gasteiger partial charge in [0.05, 0.1) is 25.9 Å². The van der Waals surface area contributed by atoms with E-state index in [0.717, 1.165) is 37.4 Å². The Morgan fingerprint density at radius 1 is 1.13 bits per heavy atom. The van der Waals surface area contributed by atoms with Crippen LogP contribution in [0.15, 0.2) is 35.9 Å². The zero-order chi connectivity index (χ0) is 16.0. The van der Waals surface area contributed by atoms with Gasteiger partial charge in [-0.1, -0.05) is 18.2 Å². The molecule has 0 saturated carbocycles. The molecule has 4 nitrogen and oxygen atoms in total. The molecule has 1 unspecified atom stereocenters. The number of hydrogen-bond donors (Lipinski definition) is 0. The van der Waals surface area contributed by atoms with Crippen molar-refractivity contribution in [2.45, 2.75) is 24.5 Å². The lowest BCUT2D eigenvalue weighted by molar-refractivity contribution is 0.0513. The van der Waals surface area contributed by atoms with E-state index in [1.54, 1.807) is 21.3 Å². The number of nitrogens with zero attached hydrogens (tertiary/aromatic N) is 1. The van der Waals surface area contributed by atoms with E-state index in [1.165, 1.54) is 16.7 Å². The lowest BCUT2D eigenvalue weighted by atomic mass is 9.71. The van der Waals surface area contributed by atoms with Crippen molar-refractivity contribution in [3.05, 3.63) is 47.1 Å². The minimum atomic E-state index is -0.0808. The van der Waals surface area contributed by atoms with Crippen LogP contribution < -0.4 is 9.47 Å². The zero-order valence-electron chi connectivity index (χ0n) is 14.0. The molecule has 122 valence electrons. The quantitative estimate of drug-likeness (QED) is 0.858. The molecule has 1 spiro atoms. The molecule has 0 bridgehead atoms. The average Bonchev–Trinajstić information content (AvgIpc) is 2.99. The highest BCUT2D eigenvalue weighted by atomic mass is 16.5. The van der Waals surface area contributed by atoms with Crippen molar-refractivity contribution >= 4 is 0 Å². The van der Waals surface area contributed by atoms with Gasteiger partial charge in [0, 0.05) is 26.6 Å². The maximum absolute atomic E-state index is 5.66.